The van der Waals surface area contributed by atoms with Crippen LogP contribution in [0, 0.1) is 12.7 Å². The van der Waals surface area contributed by atoms with Gasteiger partial charge in [0.15, 0.2) is 8.32 Å². The van der Waals surface area contributed by atoms with Crippen LogP contribution in [0.2, 0.25) is 18.1 Å². The Hall–Kier alpha value is -2.91. The molecule has 0 saturated heterocycles. The summed E-state index contributed by atoms with van der Waals surface area (Å²) in [7, 11) is -0.358. The van der Waals surface area contributed by atoms with Crippen molar-refractivity contribution in [3.63, 3.8) is 0 Å². The summed E-state index contributed by atoms with van der Waals surface area (Å²) < 4.78 is 25.5. The monoisotopic (exact) mass is 512 g/mol. The van der Waals surface area contributed by atoms with Gasteiger partial charge in [-0.25, -0.2) is 4.39 Å². The number of nitrogens with one attached hydrogen (secondary N) is 1. The number of methoxy groups -OCH3 is 1. The maximum absolute atomic E-state index is 13.6. The van der Waals surface area contributed by atoms with Gasteiger partial charge in [0.05, 0.1) is 18.9 Å². The quantitative estimate of drug-likeness (QED) is 0.366. The Morgan fingerprint density at radius 1 is 1.19 bits per heavy atom. The van der Waals surface area contributed by atoms with Crippen molar-refractivity contribution in [2.75, 3.05) is 20.3 Å². The molecule has 1 amide bonds. The Morgan fingerprint density at radius 2 is 1.89 bits per heavy atom. The Kier molecular flexibility index (Phi) is 8.79. The van der Waals surface area contributed by atoms with Crippen LogP contribution >= 0.6 is 0 Å². The Morgan fingerprint density at radius 3 is 2.47 bits per heavy atom. The van der Waals surface area contributed by atoms with Crippen molar-refractivity contribution in [1.82, 2.24) is 5.32 Å². The summed E-state index contributed by atoms with van der Waals surface area (Å²) in [6.45, 7) is 13.9. The van der Waals surface area contributed by atoms with Gasteiger partial charge in [0.1, 0.15) is 17.6 Å². The molecule has 1 aliphatic heterocycles. The number of aryl methyl sites for hydroxylation is 1. The number of carbonyl (C=O) groups excluding carboxylic acids is 1. The summed E-state index contributed by atoms with van der Waals surface area (Å²) in [5.41, 5.74) is 3.03. The number of amides is 1. The molecule has 3 rings (SSSR count). The molecule has 9 heteroatoms. The second kappa shape index (κ2) is 11.4. The minimum Gasteiger partial charge on any atom is -0.496 e. The van der Waals surface area contributed by atoms with Gasteiger partial charge >= 0.3 is 0 Å². The molecule has 194 valence electrons. The van der Waals surface area contributed by atoms with E-state index in [1.807, 2.05) is 13.0 Å². The first-order valence-electron chi connectivity index (χ1n) is 12.2. The van der Waals surface area contributed by atoms with Crippen molar-refractivity contribution in [2.24, 2.45) is 15.4 Å². The van der Waals surface area contributed by atoms with Gasteiger partial charge in [0, 0.05) is 19.1 Å². The van der Waals surface area contributed by atoms with Gasteiger partial charge in [0.2, 0.25) is 0 Å². The molecule has 0 fully saturated rings. The predicted octanol–water partition coefficient (Wildman–Crippen LogP) is 6.56. The summed E-state index contributed by atoms with van der Waals surface area (Å²) in [5.74, 6) is -0.0575. The van der Waals surface area contributed by atoms with Gasteiger partial charge in [-0.2, -0.15) is 5.11 Å². The zero-order valence-corrected chi connectivity index (χ0v) is 23.3. The van der Waals surface area contributed by atoms with E-state index in [0.29, 0.717) is 30.9 Å². The normalized spacial score (nSPS) is 16.3. The lowest BCUT2D eigenvalue weighted by Gasteiger charge is -2.36. The maximum atomic E-state index is 13.6. The van der Waals surface area contributed by atoms with Crippen LogP contribution in [0.3, 0.4) is 0 Å². The molecular formula is C27H37FN4O3Si. The molecule has 2 atom stereocenters. The Labute approximate surface area is 214 Å². The number of halogens is 1. The average molecular weight is 513 g/mol. The number of carbonyl (C=O) groups is 1. The summed E-state index contributed by atoms with van der Waals surface area (Å²) in [6.07, 6.45) is 2.34. The van der Waals surface area contributed by atoms with Crippen LogP contribution in [-0.2, 0) is 4.43 Å². The molecule has 0 spiro atoms. The lowest BCUT2D eigenvalue weighted by Crippen LogP contribution is -2.41. The molecule has 36 heavy (non-hydrogen) atoms. The second-order valence-corrected chi connectivity index (χ2v) is 15.5. The molecule has 1 aliphatic rings. The summed E-state index contributed by atoms with van der Waals surface area (Å²) in [5, 5.41) is 14.7. The van der Waals surface area contributed by atoms with Crippen molar-refractivity contribution < 1.29 is 18.3 Å². The van der Waals surface area contributed by atoms with E-state index in [1.165, 1.54) is 12.1 Å². The average Bonchev–Trinajstić information content (AvgIpc) is 3.35. The van der Waals surface area contributed by atoms with Crippen molar-refractivity contribution in [1.29, 1.82) is 0 Å². The van der Waals surface area contributed by atoms with Crippen molar-refractivity contribution in [3.05, 3.63) is 64.5 Å². The highest BCUT2D eigenvalue weighted by Gasteiger charge is 2.37. The van der Waals surface area contributed by atoms with E-state index in [2.05, 4.69) is 54.6 Å². The molecule has 0 bridgehead atoms. The maximum Gasteiger partial charge on any atom is 0.255 e. The highest BCUT2D eigenvalue weighted by molar-refractivity contribution is 6.74. The molecule has 0 aromatic heterocycles. The van der Waals surface area contributed by atoms with E-state index >= 15 is 0 Å². The lowest BCUT2D eigenvalue weighted by molar-refractivity contribution is 0.0946. The van der Waals surface area contributed by atoms with Gasteiger partial charge in [-0.1, -0.05) is 32.9 Å². The minimum atomic E-state index is -1.91. The fourth-order valence-electron chi connectivity index (χ4n) is 3.88. The van der Waals surface area contributed by atoms with Gasteiger partial charge in [-0.3, -0.25) is 4.79 Å². The fourth-order valence-corrected chi connectivity index (χ4v) is 4.94. The van der Waals surface area contributed by atoms with Crippen LogP contribution in [0.5, 0.6) is 5.75 Å². The van der Waals surface area contributed by atoms with Crippen LogP contribution in [0.1, 0.15) is 66.2 Å². The first kappa shape index (κ1) is 27.7. The molecule has 2 aromatic rings. The van der Waals surface area contributed by atoms with Crippen LogP contribution in [-0.4, -0.2) is 40.7 Å². The first-order chi connectivity index (χ1) is 16.9. The van der Waals surface area contributed by atoms with Crippen molar-refractivity contribution in [3.8, 4) is 5.75 Å². The predicted molar refractivity (Wildman–Crippen MR) is 143 cm³/mol. The van der Waals surface area contributed by atoms with E-state index in [4.69, 9.17) is 9.16 Å². The topological polar surface area (TPSA) is 84.6 Å². The molecule has 0 saturated carbocycles. The van der Waals surface area contributed by atoms with Crippen LogP contribution in [0.25, 0.3) is 0 Å². The number of rotatable bonds is 10. The van der Waals surface area contributed by atoms with Crippen molar-refractivity contribution >= 4 is 20.4 Å². The molecule has 2 unspecified atom stereocenters. The van der Waals surface area contributed by atoms with Crippen LogP contribution < -0.4 is 10.1 Å². The third-order valence-corrected chi connectivity index (χ3v) is 11.6. The lowest BCUT2D eigenvalue weighted by atomic mass is 9.95. The third kappa shape index (κ3) is 6.64. The number of ether oxygens (including phenoxy) is 1. The molecule has 0 radical (unpaired) electrons. The molecule has 2 aromatic carbocycles. The first-order valence-corrected chi connectivity index (χ1v) is 15.1. The summed E-state index contributed by atoms with van der Waals surface area (Å²) in [6, 6.07) is 9.83. The SMILES string of the molecule is COc1c(C)cc(C2C=NN=N2)cc1C(=O)NCC(CCO[Si](C)(C)C(C)(C)C)c1ccc(F)cc1. The summed E-state index contributed by atoms with van der Waals surface area (Å²) >= 11 is 0. The van der Waals surface area contributed by atoms with Gasteiger partial charge in [-0.05, 0) is 77.7 Å². The molecular weight excluding hydrogens is 475 g/mol. The largest absolute Gasteiger partial charge is 0.496 e. The summed E-state index contributed by atoms with van der Waals surface area (Å²) in [4.78, 5) is 13.3. The Balaban J connectivity index is 1.77. The number of hydrogen-bond donors (Lipinski definition) is 1. The standard InChI is InChI=1S/C27H37FN4O3Si/c1-18-14-21(24-17-30-32-31-24)15-23(25(18)34-5)26(33)29-16-20(19-8-10-22(28)11-9-19)12-13-35-36(6,7)27(2,3)4/h8-11,14-15,17,20,24H,12-13,16H2,1-7H3,(H,29,33). The van der Waals surface area contributed by atoms with E-state index in [1.54, 1.807) is 31.5 Å². The van der Waals surface area contributed by atoms with Gasteiger partial charge in [0.25, 0.3) is 5.91 Å². The zero-order valence-electron chi connectivity index (χ0n) is 22.3. The van der Waals surface area contributed by atoms with Crippen LogP contribution in [0.15, 0.2) is 51.8 Å². The van der Waals surface area contributed by atoms with E-state index in [0.717, 1.165) is 16.7 Å². The third-order valence-electron chi connectivity index (χ3n) is 7.11. The van der Waals surface area contributed by atoms with E-state index < -0.39 is 8.32 Å². The molecule has 0 aliphatic carbocycles. The van der Waals surface area contributed by atoms with Gasteiger partial charge in [-0.15, -0.1) is 5.10 Å². The van der Waals surface area contributed by atoms with Crippen molar-refractivity contribution in [2.45, 2.75) is 64.2 Å². The molecule has 1 N–H and O–H groups in total. The van der Waals surface area contributed by atoms with E-state index in [9.17, 15) is 9.18 Å². The highest BCUT2D eigenvalue weighted by Crippen LogP contribution is 2.37. The number of nitrogens with zero attached hydrogens (tertiary/aromatic N) is 3. The minimum absolute atomic E-state index is 0.0367. The fraction of sp³-hybridized carbons (Fsp3) is 0.481. The molecule has 7 nitrogen and oxygen atoms in total. The molecule has 1 heterocycles. The Bertz CT molecular complexity index is 1120. The number of hydrogen-bond acceptors (Lipinski definition) is 6. The van der Waals surface area contributed by atoms with E-state index in [-0.39, 0.29) is 28.7 Å². The van der Waals surface area contributed by atoms with Crippen LogP contribution in [0.4, 0.5) is 4.39 Å². The second-order valence-electron chi connectivity index (χ2n) is 10.7. The zero-order chi connectivity index (χ0) is 26.5. The smallest absolute Gasteiger partial charge is 0.255 e. The highest BCUT2D eigenvalue weighted by atomic mass is 28.4. The number of benzene rings is 2. The van der Waals surface area contributed by atoms with Gasteiger partial charge < -0.3 is 14.5 Å².